The first-order valence-corrected chi connectivity index (χ1v) is 7.80. The van der Waals surface area contributed by atoms with Crippen molar-refractivity contribution in [2.45, 2.75) is 25.0 Å². The predicted octanol–water partition coefficient (Wildman–Crippen LogP) is 3.77. The minimum absolute atomic E-state index is 0.302. The third-order valence-corrected chi connectivity index (χ3v) is 4.14. The Kier molecular flexibility index (Phi) is 4.75. The molecule has 4 heteroatoms. The predicted molar refractivity (Wildman–Crippen MR) is 90.4 cm³/mol. The maximum atomic E-state index is 12.3. The summed E-state index contributed by atoms with van der Waals surface area (Å²) < 4.78 is 10.4. The van der Waals surface area contributed by atoms with Crippen LogP contribution in [0.3, 0.4) is 0 Å². The first-order chi connectivity index (χ1) is 11.7. The first kappa shape index (κ1) is 16.0. The van der Waals surface area contributed by atoms with Crippen LogP contribution in [0.4, 0.5) is 0 Å². The molecule has 2 aromatic carbocycles. The Morgan fingerprint density at radius 3 is 2.38 bits per heavy atom. The van der Waals surface area contributed by atoms with Gasteiger partial charge in [0.15, 0.2) is 0 Å². The van der Waals surface area contributed by atoms with Crippen molar-refractivity contribution >= 4 is 12.4 Å². The van der Waals surface area contributed by atoms with Crippen molar-refractivity contribution in [2.75, 3.05) is 0 Å². The fraction of sp³-hybridized carbons (Fsp3) is 0.200. The monoisotopic (exact) mass is 322 g/mol. The zero-order chi connectivity index (χ0) is 16.9. The van der Waals surface area contributed by atoms with Crippen LogP contribution >= 0.6 is 0 Å². The molecule has 1 fully saturated rings. The molecular formula is C20H18O4. The van der Waals surface area contributed by atoms with E-state index in [9.17, 15) is 9.59 Å². The molecule has 0 N–H and O–H groups in total. The van der Waals surface area contributed by atoms with Crippen LogP contribution in [0.2, 0.25) is 0 Å². The fourth-order valence-corrected chi connectivity index (χ4v) is 2.87. The summed E-state index contributed by atoms with van der Waals surface area (Å²) in [5, 5.41) is 0. The first-order valence-electron chi connectivity index (χ1n) is 7.80. The van der Waals surface area contributed by atoms with Crippen LogP contribution in [-0.2, 0) is 14.3 Å². The Morgan fingerprint density at radius 1 is 1.04 bits per heavy atom. The lowest BCUT2D eigenvalue weighted by Gasteiger charge is -2.12. The largest absolute Gasteiger partial charge is 0.460 e. The second-order valence-corrected chi connectivity index (χ2v) is 5.79. The Hall–Kier alpha value is -2.88. The average Bonchev–Trinajstić information content (AvgIpc) is 2.95. The Labute approximate surface area is 140 Å². The molecule has 0 heterocycles. The minimum atomic E-state index is -0.376. The van der Waals surface area contributed by atoms with Crippen molar-refractivity contribution in [3.8, 4) is 11.1 Å². The summed E-state index contributed by atoms with van der Waals surface area (Å²) in [6, 6.07) is 17.3. The lowest BCUT2D eigenvalue weighted by atomic mass is 10.0. The highest BCUT2D eigenvalue weighted by atomic mass is 16.6. The van der Waals surface area contributed by atoms with Crippen molar-refractivity contribution in [3.63, 3.8) is 0 Å². The van der Waals surface area contributed by atoms with Crippen LogP contribution in [0.25, 0.3) is 11.1 Å². The van der Waals surface area contributed by atoms with E-state index < -0.39 is 0 Å². The van der Waals surface area contributed by atoms with E-state index in [1.54, 1.807) is 12.1 Å². The number of ether oxygens (including phenoxy) is 2. The fourth-order valence-electron chi connectivity index (χ4n) is 2.87. The Balaban J connectivity index is 1.64. The number of hydrogen-bond donors (Lipinski definition) is 0. The maximum absolute atomic E-state index is 12.3. The van der Waals surface area contributed by atoms with Gasteiger partial charge in [0.25, 0.3) is 6.47 Å². The molecule has 3 rings (SSSR count). The summed E-state index contributed by atoms with van der Waals surface area (Å²) in [6.45, 7) is 4.26. The van der Waals surface area contributed by atoms with E-state index in [1.165, 1.54) is 0 Å². The highest BCUT2D eigenvalue weighted by Gasteiger charge is 2.32. The molecule has 4 nitrogen and oxygen atoms in total. The van der Waals surface area contributed by atoms with Crippen molar-refractivity contribution in [2.24, 2.45) is 0 Å². The van der Waals surface area contributed by atoms with E-state index in [0.29, 0.717) is 24.9 Å². The molecule has 0 radical (unpaired) electrons. The van der Waals surface area contributed by atoms with Crippen LogP contribution in [-0.4, -0.2) is 24.6 Å². The molecule has 0 unspecified atom stereocenters. The average molecular weight is 322 g/mol. The topological polar surface area (TPSA) is 52.6 Å². The summed E-state index contributed by atoms with van der Waals surface area (Å²) in [7, 11) is 0. The maximum Gasteiger partial charge on any atom is 0.338 e. The summed E-state index contributed by atoms with van der Waals surface area (Å²) >= 11 is 0. The van der Waals surface area contributed by atoms with Crippen LogP contribution in [0, 0.1) is 0 Å². The zero-order valence-corrected chi connectivity index (χ0v) is 13.2. The third-order valence-electron chi connectivity index (χ3n) is 4.14. The Bertz CT molecular complexity index is 734. The van der Waals surface area contributed by atoms with Gasteiger partial charge in [-0.1, -0.05) is 49.0 Å². The van der Waals surface area contributed by atoms with Gasteiger partial charge in [0, 0.05) is 12.8 Å². The summed E-state index contributed by atoms with van der Waals surface area (Å²) in [4.78, 5) is 22.7. The number of carbonyl (C=O) groups is 2. The number of hydrogen-bond acceptors (Lipinski definition) is 4. The van der Waals surface area contributed by atoms with E-state index >= 15 is 0 Å². The van der Waals surface area contributed by atoms with Gasteiger partial charge in [-0.15, -0.1) is 0 Å². The molecule has 2 atom stereocenters. The lowest BCUT2D eigenvalue weighted by molar-refractivity contribution is -0.132. The smallest absolute Gasteiger partial charge is 0.338 e. The molecule has 0 aliphatic heterocycles. The van der Waals surface area contributed by atoms with Gasteiger partial charge in [-0.3, -0.25) is 4.79 Å². The third kappa shape index (κ3) is 3.54. The van der Waals surface area contributed by atoms with Gasteiger partial charge < -0.3 is 9.47 Å². The number of benzene rings is 2. The molecule has 1 aliphatic rings. The van der Waals surface area contributed by atoms with Crippen LogP contribution < -0.4 is 0 Å². The standard InChI is InChI=1S/C20H18O4/c1-14-11-18(12-19(14)23-13-21)24-20(22)17-9-7-16(8-10-17)15-5-3-2-4-6-15/h2-10,13,18-19H,1,11-12H2/t18-,19-/m1/s1. The lowest BCUT2D eigenvalue weighted by Crippen LogP contribution is -2.17. The van der Waals surface area contributed by atoms with E-state index in [1.807, 2.05) is 42.5 Å². The molecule has 0 spiro atoms. The van der Waals surface area contributed by atoms with Crippen LogP contribution in [0.1, 0.15) is 23.2 Å². The number of esters is 1. The summed E-state index contributed by atoms with van der Waals surface area (Å²) in [6.07, 6.45) is 0.321. The van der Waals surface area contributed by atoms with E-state index in [2.05, 4.69) is 6.58 Å². The molecular weight excluding hydrogens is 304 g/mol. The summed E-state index contributed by atoms with van der Waals surface area (Å²) in [5.41, 5.74) is 3.42. The van der Waals surface area contributed by atoms with Crippen LogP contribution in [0.5, 0.6) is 0 Å². The molecule has 0 amide bonds. The van der Waals surface area contributed by atoms with E-state index in [-0.39, 0.29) is 18.2 Å². The van der Waals surface area contributed by atoms with Gasteiger partial charge in [-0.05, 0) is 28.8 Å². The zero-order valence-electron chi connectivity index (χ0n) is 13.2. The molecule has 0 saturated heterocycles. The van der Waals surface area contributed by atoms with E-state index in [4.69, 9.17) is 9.47 Å². The second kappa shape index (κ2) is 7.13. The van der Waals surface area contributed by atoms with E-state index in [0.717, 1.165) is 16.7 Å². The van der Waals surface area contributed by atoms with Gasteiger partial charge in [0.05, 0.1) is 5.56 Å². The van der Waals surface area contributed by atoms with Gasteiger partial charge in [-0.25, -0.2) is 4.79 Å². The second-order valence-electron chi connectivity index (χ2n) is 5.79. The molecule has 24 heavy (non-hydrogen) atoms. The molecule has 0 bridgehead atoms. The number of carbonyl (C=O) groups excluding carboxylic acids is 2. The summed E-state index contributed by atoms with van der Waals surface area (Å²) in [5.74, 6) is -0.376. The molecule has 0 aromatic heterocycles. The van der Waals surface area contributed by atoms with Gasteiger partial charge in [0.1, 0.15) is 12.2 Å². The normalized spacial score (nSPS) is 19.8. The minimum Gasteiger partial charge on any atom is -0.460 e. The molecule has 122 valence electrons. The van der Waals surface area contributed by atoms with Crippen molar-refractivity contribution in [3.05, 3.63) is 72.3 Å². The molecule has 1 aliphatic carbocycles. The highest BCUT2D eigenvalue weighted by molar-refractivity contribution is 5.90. The quantitative estimate of drug-likeness (QED) is 0.478. The van der Waals surface area contributed by atoms with Crippen molar-refractivity contribution in [1.29, 1.82) is 0 Å². The van der Waals surface area contributed by atoms with Gasteiger partial charge >= 0.3 is 5.97 Å². The van der Waals surface area contributed by atoms with Crippen LogP contribution in [0.15, 0.2) is 66.7 Å². The molecule has 2 aromatic rings. The van der Waals surface area contributed by atoms with Crippen molar-refractivity contribution < 1.29 is 19.1 Å². The van der Waals surface area contributed by atoms with Crippen molar-refractivity contribution in [1.82, 2.24) is 0 Å². The van der Waals surface area contributed by atoms with Gasteiger partial charge in [-0.2, -0.15) is 0 Å². The highest BCUT2D eigenvalue weighted by Crippen LogP contribution is 2.29. The number of rotatable bonds is 5. The molecule has 1 saturated carbocycles. The Morgan fingerprint density at radius 2 is 1.71 bits per heavy atom. The SMILES string of the molecule is C=C1C[C@@H](OC(=O)c2ccc(-c3ccccc3)cc2)C[C@H]1OC=O. The van der Waals surface area contributed by atoms with Gasteiger partial charge in [0.2, 0.25) is 0 Å².